The van der Waals surface area contributed by atoms with E-state index >= 15 is 0 Å². The van der Waals surface area contributed by atoms with Gasteiger partial charge in [0.05, 0.1) is 0 Å². The second-order valence-corrected chi connectivity index (χ2v) is 3.94. The van der Waals surface area contributed by atoms with E-state index in [1.54, 1.807) is 0 Å². The molecule has 1 N–H and O–H groups in total. The van der Waals surface area contributed by atoms with Gasteiger partial charge in [0.2, 0.25) is 11.7 Å². The Bertz CT molecular complexity index is 307. The highest BCUT2D eigenvalue weighted by Gasteiger charge is 2.23. The number of nitrogens with one attached hydrogen (secondary N) is 1. The van der Waals surface area contributed by atoms with Crippen molar-refractivity contribution in [1.82, 2.24) is 15.5 Å². The zero-order valence-corrected chi connectivity index (χ0v) is 9.19. The highest BCUT2D eigenvalue weighted by molar-refractivity contribution is 4.94. The largest absolute Gasteiger partial charge is 0.370 e. The number of ether oxygens (including phenoxy) is 1. The first-order valence-corrected chi connectivity index (χ1v) is 5.41. The molecule has 1 aromatic rings. The lowest BCUT2D eigenvalue weighted by atomic mass is 10.2. The van der Waals surface area contributed by atoms with Gasteiger partial charge in [-0.05, 0) is 26.8 Å². The van der Waals surface area contributed by atoms with Crippen LogP contribution in [-0.4, -0.2) is 29.8 Å². The number of nitrogens with zero attached hydrogens (tertiary/aromatic N) is 2. The third-order valence-electron chi connectivity index (χ3n) is 2.68. The van der Waals surface area contributed by atoms with Crippen molar-refractivity contribution >= 4 is 0 Å². The average Bonchev–Trinajstić information content (AvgIpc) is 2.85. The summed E-state index contributed by atoms with van der Waals surface area (Å²) in [6, 6.07) is 0.350. The predicted molar refractivity (Wildman–Crippen MR) is 54.5 cm³/mol. The highest BCUT2D eigenvalue weighted by atomic mass is 16.5. The molecule has 1 saturated heterocycles. The Labute approximate surface area is 89.2 Å². The van der Waals surface area contributed by atoms with Gasteiger partial charge in [-0.1, -0.05) is 5.16 Å². The molecule has 5 heteroatoms. The smallest absolute Gasteiger partial charge is 0.228 e. The summed E-state index contributed by atoms with van der Waals surface area (Å²) in [5, 5.41) is 7.08. The molecule has 2 unspecified atom stereocenters. The predicted octanol–water partition coefficient (Wildman–Crippen LogP) is 1.07. The van der Waals surface area contributed by atoms with Gasteiger partial charge in [-0.3, -0.25) is 0 Å². The topological polar surface area (TPSA) is 60.2 Å². The minimum atomic E-state index is 0.0485. The molecule has 5 nitrogen and oxygen atoms in total. The molecular formula is C10H17N3O2. The van der Waals surface area contributed by atoms with E-state index in [9.17, 15) is 0 Å². The van der Waals surface area contributed by atoms with Gasteiger partial charge in [-0.2, -0.15) is 4.98 Å². The van der Waals surface area contributed by atoms with Gasteiger partial charge < -0.3 is 14.6 Å². The summed E-state index contributed by atoms with van der Waals surface area (Å²) in [6.07, 6.45) is 2.89. The molecule has 0 aromatic carbocycles. The van der Waals surface area contributed by atoms with E-state index in [0.29, 0.717) is 17.8 Å². The minimum Gasteiger partial charge on any atom is -0.370 e. The van der Waals surface area contributed by atoms with Crippen molar-refractivity contribution in [3.63, 3.8) is 0 Å². The van der Waals surface area contributed by atoms with E-state index in [2.05, 4.69) is 22.4 Å². The van der Waals surface area contributed by atoms with Crippen LogP contribution in [-0.2, 0) is 11.2 Å². The van der Waals surface area contributed by atoms with Crippen LogP contribution < -0.4 is 5.32 Å². The van der Waals surface area contributed by atoms with Crippen LogP contribution >= 0.6 is 0 Å². The Hall–Kier alpha value is -0.940. The summed E-state index contributed by atoms with van der Waals surface area (Å²) in [4.78, 5) is 4.34. The third-order valence-corrected chi connectivity index (χ3v) is 2.68. The number of hydrogen-bond donors (Lipinski definition) is 1. The molecule has 1 aromatic heterocycles. The van der Waals surface area contributed by atoms with Gasteiger partial charge in [0.15, 0.2) is 0 Å². The molecule has 1 aliphatic heterocycles. The second-order valence-electron chi connectivity index (χ2n) is 3.94. The third kappa shape index (κ3) is 2.54. The van der Waals surface area contributed by atoms with Crippen LogP contribution in [0.1, 0.15) is 37.6 Å². The molecule has 1 fully saturated rings. The lowest BCUT2D eigenvalue weighted by Gasteiger charge is -2.04. The summed E-state index contributed by atoms with van der Waals surface area (Å²) in [5.41, 5.74) is 0. The van der Waals surface area contributed by atoms with Crippen molar-refractivity contribution in [1.29, 1.82) is 0 Å². The van der Waals surface area contributed by atoms with Crippen molar-refractivity contribution in [2.75, 3.05) is 13.7 Å². The van der Waals surface area contributed by atoms with Crippen LogP contribution in [0.2, 0.25) is 0 Å². The van der Waals surface area contributed by atoms with Gasteiger partial charge in [-0.25, -0.2) is 0 Å². The molecule has 2 heterocycles. The maximum absolute atomic E-state index is 5.48. The molecule has 15 heavy (non-hydrogen) atoms. The molecule has 0 amide bonds. The standard InChI is InChI=1S/C10H17N3O2/c1-7(11-2)6-9-12-10(13-15-9)8-4-3-5-14-8/h7-8,11H,3-6H2,1-2H3. The minimum absolute atomic E-state index is 0.0485. The maximum atomic E-state index is 5.48. The number of rotatable bonds is 4. The number of aromatic nitrogens is 2. The van der Waals surface area contributed by atoms with Crippen molar-refractivity contribution in [2.24, 2.45) is 0 Å². The molecule has 0 radical (unpaired) electrons. The molecule has 84 valence electrons. The summed E-state index contributed by atoms with van der Waals surface area (Å²) in [6.45, 7) is 2.89. The molecule has 0 spiro atoms. The van der Waals surface area contributed by atoms with Crippen LogP contribution in [0.25, 0.3) is 0 Å². The zero-order chi connectivity index (χ0) is 10.7. The van der Waals surface area contributed by atoms with Gasteiger partial charge in [0.1, 0.15) is 6.10 Å². The Kier molecular flexibility index (Phi) is 3.33. The van der Waals surface area contributed by atoms with E-state index in [-0.39, 0.29) is 6.10 Å². The summed E-state index contributed by atoms with van der Waals surface area (Å²) in [7, 11) is 1.92. The second kappa shape index (κ2) is 4.72. The van der Waals surface area contributed by atoms with E-state index in [0.717, 1.165) is 25.9 Å². The number of likely N-dealkylation sites (N-methyl/N-ethyl adjacent to an activating group) is 1. The first-order valence-electron chi connectivity index (χ1n) is 5.41. The van der Waals surface area contributed by atoms with E-state index in [4.69, 9.17) is 9.26 Å². The average molecular weight is 211 g/mol. The van der Waals surface area contributed by atoms with Crippen molar-refractivity contribution in [3.8, 4) is 0 Å². The fourth-order valence-electron chi connectivity index (χ4n) is 1.63. The first kappa shape index (κ1) is 10.6. The van der Waals surface area contributed by atoms with Crippen LogP contribution in [0, 0.1) is 0 Å². The van der Waals surface area contributed by atoms with Crippen LogP contribution in [0.3, 0.4) is 0 Å². The van der Waals surface area contributed by atoms with E-state index < -0.39 is 0 Å². The zero-order valence-electron chi connectivity index (χ0n) is 9.19. The summed E-state index contributed by atoms with van der Waals surface area (Å²) in [5.74, 6) is 1.38. The highest BCUT2D eigenvalue weighted by Crippen LogP contribution is 2.26. The van der Waals surface area contributed by atoms with Crippen LogP contribution in [0.5, 0.6) is 0 Å². The lowest BCUT2D eigenvalue weighted by molar-refractivity contribution is 0.103. The Morgan fingerprint density at radius 1 is 1.60 bits per heavy atom. The molecular weight excluding hydrogens is 194 g/mol. The Morgan fingerprint density at radius 2 is 2.47 bits per heavy atom. The lowest BCUT2D eigenvalue weighted by Crippen LogP contribution is -2.23. The van der Waals surface area contributed by atoms with Crippen molar-refractivity contribution < 1.29 is 9.26 Å². The maximum Gasteiger partial charge on any atom is 0.228 e. The van der Waals surface area contributed by atoms with Crippen LogP contribution in [0.15, 0.2) is 4.52 Å². The van der Waals surface area contributed by atoms with Gasteiger partial charge in [-0.15, -0.1) is 0 Å². The fraction of sp³-hybridized carbons (Fsp3) is 0.800. The van der Waals surface area contributed by atoms with Crippen molar-refractivity contribution in [2.45, 2.75) is 38.3 Å². The molecule has 0 saturated carbocycles. The van der Waals surface area contributed by atoms with Crippen LogP contribution in [0.4, 0.5) is 0 Å². The summed E-state index contributed by atoms with van der Waals surface area (Å²) < 4.78 is 10.7. The normalized spacial score (nSPS) is 23.2. The first-order chi connectivity index (χ1) is 7.29. The van der Waals surface area contributed by atoms with E-state index in [1.807, 2.05) is 7.05 Å². The van der Waals surface area contributed by atoms with Gasteiger partial charge in [0.25, 0.3) is 0 Å². The molecule has 0 aliphatic carbocycles. The Morgan fingerprint density at radius 3 is 3.13 bits per heavy atom. The molecule has 2 rings (SSSR count). The van der Waals surface area contributed by atoms with Gasteiger partial charge >= 0.3 is 0 Å². The quantitative estimate of drug-likeness (QED) is 0.807. The fourth-order valence-corrected chi connectivity index (χ4v) is 1.63. The SMILES string of the molecule is CNC(C)Cc1nc(C2CCCO2)no1. The molecule has 1 aliphatic rings. The molecule has 2 atom stereocenters. The van der Waals surface area contributed by atoms with E-state index in [1.165, 1.54) is 0 Å². The Balaban J connectivity index is 1.97. The number of hydrogen-bond acceptors (Lipinski definition) is 5. The van der Waals surface area contributed by atoms with Crippen molar-refractivity contribution in [3.05, 3.63) is 11.7 Å². The van der Waals surface area contributed by atoms with Gasteiger partial charge in [0, 0.05) is 19.1 Å². The molecule has 0 bridgehead atoms. The summed E-state index contributed by atoms with van der Waals surface area (Å²) >= 11 is 0. The monoisotopic (exact) mass is 211 g/mol.